The summed E-state index contributed by atoms with van der Waals surface area (Å²) in [7, 11) is 5.84. The van der Waals surface area contributed by atoms with Crippen LogP contribution in [0.15, 0.2) is 0 Å². The summed E-state index contributed by atoms with van der Waals surface area (Å²) in [4.78, 5) is 11.3. The lowest BCUT2D eigenvalue weighted by molar-refractivity contribution is 0.199. The van der Waals surface area contributed by atoms with Crippen molar-refractivity contribution >= 4 is 0 Å². The Labute approximate surface area is 116 Å². The Kier molecular flexibility index (Phi) is 6.91. The predicted octanol–water partition coefficient (Wildman–Crippen LogP) is 0.934. The van der Waals surface area contributed by atoms with Crippen LogP contribution in [0.2, 0.25) is 0 Å². The summed E-state index contributed by atoms with van der Waals surface area (Å²) in [6, 6.07) is 0. The fourth-order valence-electron chi connectivity index (χ4n) is 1.89. The van der Waals surface area contributed by atoms with Gasteiger partial charge in [-0.2, -0.15) is 0 Å². The minimum Gasteiger partial charge on any atom is -0.383 e. The van der Waals surface area contributed by atoms with Gasteiger partial charge in [0.2, 0.25) is 0 Å². The first-order chi connectivity index (χ1) is 9.04. The molecule has 5 heteroatoms. The Morgan fingerprint density at radius 3 is 2.32 bits per heavy atom. The van der Waals surface area contributed by atoms with Crippen LogP contribution < -0.4 is 5.32 Å². The van der Waals surface area contributed by atoms with Gasteiger partial charge in [0.25, 0.3) is 0 Å². The van der Waals surface area contributed by atoms with Gasteiger partial charge in [0.15, 0.2) is 0 Å². The van der Waals surface area contributed by atoms with Crippen LogP contribution in [0.1, 0.15) is 22.8 Å². The zero-order valence-electron chi connectivity index (χ0n) is 12.8. The number of nitrogens with zero attached hydrogens (tertiary/aromatic N) is 3. The molecule has 0 atom stereocenters. The molecular weight excluding hydrogens is 240 g/mol. The van der Waals surface area contributed by atoms with E-state index in [0.29, 0.717) is 0 Å². The number of nitrogens with one attached hydrogen (secondary N) is 1. The topological polar surface area (TPSA) is 50.3 Å². The van der Waals surface area contributed by atoms with Crippen LogP contribution in [0.3, 0.4) is 0 Å². The zero-order valence-corrected chi connectivity index (χ0v) is 12.8. The summed E-state index contributed by atoms with van der Waals surface area (Å²) < 4.78 is 5.02. The molecule has 1 aromatic heterocycles. The largest absolute Gasteiger partial charge is 0.383 e. The van der Waals surface area contributed by atoms with Crippen LogP contribution in [0.4, 0.5) is 0 Å². The molecule has 0 fully saturated rings. The molecule has 0 aliphatic heterocycles. The van der Waals surface area contributed by atoms with Crippen molar-refractivity contribution < 1.29 is 4.74 Å². The molecule has 5 nitrogen and oxygen atoms in total. The lowest BCUT2D eigenvalue weighted by atomic mass is 10.1. The third-order valence-corrected chi connectivity index (χ3v) is 3.03. The minimum atomic E-state index is 0.722. The fourth-order valence-corrected chi connectivity index (χ4v) is 1.89. The molecule has 0 radical (unpaired) electrons. The van der Waals surface area contributed by atoms with Crippen molar-refractivity contribution in [3.8, 4) is 0 Å². The van der Waals surface area contributed by atoms with Gasteiger partial charge in [-0.1, -0.05) is 0 Å². The van der Waals surface area contributed by atoms with E-state index in [1.54, 1.807) is 7.11 Å². The molecule has 1 heterocycles. The van der Waals surface area contributed by atoms with Crippen LogP contribution in [-0.2, 0) is 17.7 Å². The third kappa shape index (κ3) is 5.63. The van der Waals surface area contributed by atoms with Crippen molar-refractivity contribution in [1.82, 2.24) is 20.2 Å². The van der Waals surface area contributed by atoms with Crippen LogP contribution in [0.25, 0.3) is 0 Å². The number of hydrogen-bond acceptors (Lipinski definition) is 5. The number of aromatic nitrogens is 2. The fraction of sp³-hybridized carbons (Fsp3) is 0.714. The second-order valence-corrected chi connectivity index (χ2v) is 5.01. The number of likely N-dealkylation sites (N-methyl/N-ethyl adjacent to an activating group) is 1. The zero-order chi connectivity index (χ0) is 14.3. The maximum atomic E-state index is 5.02. The normalized spacial score (nSPS) is 11.3. The smallest absolute Gasteiger partial charge is 0.130 e. The van der Waals surface area contributed by atoms with Crippen molar-refractivity contribution in [2.24, 2.45) is 0 Å². The van der Waals surface area contributed by atoms with Crippen molar-refractivity contribution in [3.05, 3.63) is 22.8 Å². The van der Waals surface area contributed by atoms with E-state index in [1.807, 2.05) is 0 Å². The summed E-state index contributed by atoms with van der Waals surface area (Å²) in [5, 5.41) is 3.34. The van der Waals surface area contributed by atoms with Crippen molar-refractivity contribution in [2.45, 2.75) is 26.8 Å². The van der Waals surface area contributed by atoms with E-state index >= 15 is 0 Å². The molecule has 0 aliphatic rings. The Morgan fingerprint density at radius 1 is 1.16 bits per heavy atom. The van der Waals surface area contributed by atoms with Crippen LogP contribution >= 0.6 is 0 Å². The van der Waals surface area contributed by atoms with E-state index in [4.69, 9.17) is 4.74 Å². The predicted molar refractivity (Wildman–Crippen MR) is 77.3 cm³/mol. The van der Waals surface area contributed by atoms with Gasteiger partial charge in [0.05, 0.1) is 6.61 Å². The van der Waals surface area contributed by atoms with E-state index in [1.165, 1.54) is 5.56 Å². The monoisotopic (exact) mass is 266 g/mol. The molecule has 0 aromatic carbocycles. The number of rotatable bonds is 8. The lowest BCUT2D eigenvalue weighted by Crippen LogP contribution is -2.21. The van der Waals surface area contributed by atoms with Gasteiger partial charge in [-0.25, -0.2) is 9.97 Å². The van der Waals surface area contributed by atoms with E-state index in [9.17, 15) is 0 Å². The Hall–Kier alpha value is -1.04. The summed E-state index contributed by atoms with van der Waals surface area (Å²) in [5.74, 6) is 0.935. The first kappa shape index (κ1) is 16.0. The molecule has 0 aliphatic carbocycles. The maximum Gasteiger partial charge on any atom is 0.130 e. The van der Waals surface area contributed by atoms with Gasteiger partial charge in [-0.15, -0.1) is 0 Å². The Bertz CT molecular complexity index is 370. The van der Waals surface area contributed by atoms with Crippen molar-refractivity contribution in [3.63, 3.8) is 0 Å². The van der Waals surface area contributed by atoms with Gasteiger partial charge < -0.3 is 15.0 Å². The highest BCUT2D eigenvalue weighted by Crippen LogP contribution is 2.10. The first-order valence-corrected chi connectivity index (χ1v) is 6.72. The molecule has 0 amide bonds. The number of aryl methyl sites for hydroxylation is 2. The minimum absolute atomic E-state index is 0.722. The van der Waals surface area contributed by atoms with Crippen LogP contribution in [-0.4, -0.2) is 55.8 Å². The second-order valence-electron chi connectivity index (χ2n) is 5.01. The quantitative estimate of drug-likeness (QED) is 0.710. The van der Waals surface area contributed by atoms with E-state index in [2.05, 4.69) is 48.1 Å². The van der Waals surface area contributed by atoms with Crippen molar-refractivity contribution in [1.29, 1.82) is 0 Å². The molecule has 0 spiro atoms. The molecule has 19 heavy (non-hydrogen) atoms. The highest BCUT2D eigenvalue weighted by molar-refractivity contribution is 5.24. The number of methoxy groups -OCH3 is 1. The first-order valence-electron chi connectivity index (χ1n) is 6.72. The highest BCUT2D eigenvalue weighted by atomic mass is 16.5. The summed E-state index contributed by atoms with van der Waals surface area (Å²) in [5.41, 5.74) is 3.35. The molecule has 1 aromatic rings. The Morgan fingerprint density at radius 2 is 1.79 bits per heavy atom. The van der Waals surface area contributed by atoms with Gasteiger partial charge in [0, 0.05) is 50.1 Å². The van der Waals surface area contributed by atoms with E-state index < -0.39 is 0 Å². The average molecular weight is 266 g/mol. The molecule has 0 saturated heterocycles. The molecule has 108 valence electrons. The van der Waals surface area contributed by atoms with Gasteiger partial charge in [-0.3, -0.25) is 0 Å². The average Bonchev–Trinajstić information content (AvgIpc) is 2.34. The van der Waals surface area contributed by atoms with Crippen LogP contribution in [0, 0.1) is 13.8 Å². The second kappa shape index (κ2) is 8.19. The lowest BCUT2D eigenvalue weighted by Gasteiger charge is -2.13. The highest BCUT2D eigenvalue weighted by Gasteiger charge is 2.08. The molecule has 0 unspecified atom stereocenters. The molecule has 0 bridgehead atoms. The summed E-state index contributed by atoms with van der Waals surface area (Å²) >= 11 is 0. The molecule has 1 rings (SSSR count). The van der Waals surface area contributed by atoms with E-state index in [-0.39, 0.29) is 0 Å². The summed E-state index contributed by atoms with van der Waals surface area (Å²) in [6.45, 7) is 7.46. The van der Waals surface area contributed by atoms with Crippen LogP contribution in [0.5, 0.6) is 0 Å². The molecule has 1 N–H and O–H groups in total. The third-order valence-electron chi connectivity index (χ3n) is 3.03. The Balaban J connectivity index is 2.63. The van der Waals surface area contributed by atoms with Crippen molar-refractivity contribution in [2.75, 3.05) is 40.9 Å². The number of ether oxygens (including phenoxy) is 1. The van der Waals surface area contributed by atoms with Gasteiger partial charge in [0.1, 0.15) is 5.82 Å². The maximum absolute atomic E-state index is 5.02. The standard InChI is InChI=1S/C14H26N4O/c1-11-13(10-15-7-9-19-5)12(2)17-14(16-11)6-8-18(3)4/h15H,6-10H2,1-5H3. The molecular formula is C14H26N4O. The summed E-state index contributed by atoms with van der Waals surface area (Å²) in [6.07, 6.45) is 0.895. The molecule has 0 saturated carbocycles. The van der Waals surface area contributed by atoms with Gasteiger partial charge >= 0.3 is 0 Å². The van der Waals surface area contributed by atoms with E-state index in [0.717, 1.165) is 49.9 Å². The number of hydrogen-bond donors (Lipinski definition) is 1. The SMILES string of the molecule is COCCNCc1c(C)nc(CCN(C)C)nc1C. The van der Waals surface area contributed by atoms with Gasteiger partial charge in [-0.05, 0) is 27.9 Å².